The predicted octanol–water partition coefficient (Wildman–Crippen LogP) is 5.81. The van der Waals surface area contributed by atoms with Crippen LogP contribution >= 0.6 is 11.6 Å². The molecule has 4 rings (SSSR count). The highest BCUT2D eigenvalue weighted by atomic mass is 35.5. The zero-order valence-electron chi connectivity index (χ0n) is 13.8. The standard InChI is InChI=1S/C22H15ClN2O/c23-16-12-10-15(11-13-16)21-14-19(18-8-4-5-9-20(18)25-21)22(26)24-17-6-2-1-3-7-17/h1-14H,(H,24,26). The Kier molecular flexibility index (Phi) is 4.38. The van der Waals surface area contributed by atoms with Crippen molar-refractivity contribution in [3.63, 3.8) is 0 Å². The SMILES string of the molecule is O=C(Nc1ccccc1)c1cc(-c2ccc(Cl)cc2)nc2ccccc12. The van der Waals surface area contributed by atoms with Gasteiger partial charge in [-0.15, -0.1) is 0 Å². The number of hydrogen-bond acceptors (Lipinski definition) is 2. The Morgan fingerprint density at radius 3 is 2.31 bits per heavy atom. The zero-order valence-corrected chi connectivity index (χ0v) is 14.6. The number of nitrogens with one attached hydrogen (secondary N) is 1. The van der Waals surface area contributed by atoms with Gasteiger partial charge in [-0.3, -0.25) is 4.79 Å². The molecule has 0 unspecified atom stereocenters. The lowest BCUT2D eigenvalue weighted by atomic mass is 10.0. The number of hydrogen-bond donors (Lipinski definition) is 1. The molecule has 1 N–H and O–H groups in total. The van der Waals surface area contributed by atoms with Crippen molar-refractivity contribution in [2.45, 2.75) is 0 Å². The first-order valence-corrected chi connectivity index (χ1v) is 8.61. The molecule has 1 amide bonds. The molecule has 3 nitrogen and oxygen atoms in total. The first-order valence-electron chi connectivity index (χ1n) is 8.23. The van der Waals surface area contributed by atoms with Crippen molar-refractivity contribution in [1.82, 2.24) is 4.98 Å². The number of benzene rings is 3. The van der Waals surface area contributed by atoms with Crippen molar-refractivity contribution in [1.29, 1.82) is 0 Å². The van der Waals surface area contributed by atoms with Gasteiger partial charge in [0.15, 0.2) is 0 Å². The number of fused-ring (bicyclic) bond motifs is 1. The minimum Gasteiger partial charge on any atom is -0.322 e. The van der Waals surface area contributed by atoms with Crippen molar-refractivity contribution in [2.75, 3.05) is 5.32 Å². The highest BCUT2D eigenvalue weighted by Gasteiger charge is 2.14. The van der Waals surface area contributed by atoms with Gasteiger partial charge >= 0.3 is 0 Å². The molecule has 0 aliphatic rings. The molecular formula is C22H15ClN2O. The van der Waals surface area contributed by atoms with Crippen LogP contribution in [0.4, 0.5) is 5.69 Å². The van der Waals surface area contributed by atoms with E-state index < -0.39 is 0 Å². The van der Waals surface area contributed by atoms with E-state index in [-0.39, 0.29) is 5.91 Å². The lowest BCUT2D eigenvalue weighted by Crippen LogP contribution is -2.13. The van der Waals surface area contributed by atoms with Crippen molar-refractivity contribution >= 4 is 34.1 Å². The van der Waals surface area contributed by atoms with Gasteiger partial charge in [-0.05, 0) is 36.4 Å². The quantitative estimate of drug-likeness (QED) is 0.502. The number of para-hydroxylation sites is 2. The first kappa shape index (κ1) is 16.3. The highest BCUT2D eigenvalue weighted by molar-refractivity contribution is 6.30. The van der Waals surface area contributed by atoms with E-state index in [0.29, 0.717) is 10.6 Å². The predicted molar refractivity (Wildman–Crippen MR) is 107 cm³/mol. The first-order chi connectivity index (χ1) is 12.7. The smallest absolute Gasteiger partial charge is 0.256 e. The average Bonchev–Trinajstić information content (AvgIpc) is 2.68. The van der Waals surface area contributed by atoms with Crippen LogP contribution in [0.2, 0.25) is 5.02 Å². The Hall–Kier alpha value is -3.17. The van der Waals surface area contributed by atoms with E-state index in [1.54, 1.807) is 0 Å². The van der Waals surface area contributed by atoms with Crippen LogP contribution in [0.25, 0.3) is 22.2 Å². The fourth-order valence-electron chi connectivity index (χ4n) is 2.85. The van der Waals surface area contributed by atoms with Crippen molar-refractivity contribution in [3.05, 3.63) is 95.5 Å². The second-order valence-electron chi connectivity index (χ2n) is 5.90. The fourth-order valence-corrected chi connectivity index (χ4v) is 2.98. The van der Waals surface area contributed by atoms with Crippen LogP contribution in [0, 0.1) is 0 Å². The largest absolute Gasteiger partial charge is 0.322 e. The number of halogens is 1. The minimum absolute atomic E-state index is 0.162. The van der Waals surface area contributed by atoms with Crippen molar-refractivity contribution in [2.24, 2.45) is 0 Å². The Morgan fingerprint density at radius 1 is 0.846 bits per heavy atom. The maximum absolute atomic E-state index is 12.9. The second kappa shape index (κ2) is 6.98. The van der Waals surface area contributed by atoms with Gasteiger partial charge in [-0.1, -0.05) is 60.1 Å². The molecule has 0 spiro atoms. The summed E-state index contributed by atoms with van der Waals surface area (Å²) in [6.07, 6.45) is 0. The van der Waals surface area contributed by atoms with Crippen LogP contribution in [0.5, 0.6) is 0 Å². The monoisotopic (exact) mass is 358 g/mol. The zero-order chi connectivity index (χ0) is 17.9. The molecule has 3 aromatic carbocycles. The van der Waals surface area contributed by atoms with Gasteiger partial charge in [-0.25, -0.2) is 4.98 Å². The Labute approximate surface area is 156 Å². The number of rotatable bonds is 3. The summed E-state index contributed by atoms with van der Waals surface area (Å²) in [6.45, 7) is 0. The van der Waals surface area contributed by atoms with E-state index in [1.807, 2.05) is 84.9 Å². The van der Waals surface area contributed by atoms with E-state index >= 15 is 0 Å². The molecule has 26 heavy (non-hydrogen) atoms. The molecule has 0 aliphatic heterocycles. The molecule has 0 fully saturated rings. The van der Waals surface area contributed by atoms with E-state index in [4.69, 9.17) is 16.6 Å². The van der Waals surface area contributed by atoms with Gasteiger partial charge in [0.25, 0.3) is 5.91 Å². The third-order valence-corrected chi connectivity index (χ3v) is 4.38. The number of nitrogens with zero attached hydrogens (tertiary/aromatic N) is 1. The molecule has 0 bridgehead atoms. The van der Waals surface area contributed by atoms with Crippen molar-refractivity contribution in [3.8, 4) is 11.3 Å². The van der Waals surface area contributed by atoms with Gasteiger partial charge in [-0.2, -0.15) is 0 Å². The summed E-state index contributed by atoms with van der Waals surface area (Å²) in [5, 5.41) is 4.43. The summed E-state index contributed by atoms with van der Waals surface area (Å²) in [5.41, 5.74) is 3.77. The average molecular weight is 359 g/mol. The number of carbonyl (C=O) groups excluding carboxylic acids is 1. The summed E-state index contributed by atoms with van der Waals surface area (Å²) in [4.78, 5) is 17.6. The van der Waals surface area contributed by atoms with Crippen LogP contribution in [0.15, 0.2) is 84.9 Å². The lowest BCUT2D eigenvalue weighted by molar-refractivity contribution is 0.102. The maximum atomic E-state index is 12.9. The fraction of sp³-hybridized carbons (Fsp3) is 0. The van der Waals surface area contributed by atoms with E-state index in [0.717, 1.165) is 27.8 Å². The normalized spacial score (nSPS) is 10.7. The summed E-state index contributed by atoms with van der Waals surface area (Å²) < 4.78 is 0. The molecule has 0 atom stereocenters. The third kappa shape index (κ3) is 3.30. The van der Waals surface area contributed by atoms with E-state index in [2.05, 4.69) is 5.32 Å². The molecule has 126 valence electrons. The van der Waals surface area contributed by atoms with Crippen molar-refractivity contribution < 1.29 is 4.79 Å². The molecule has 4 heteroatoms. The Bertz CT molecular complexity index is 1080. The molecule has 1 heterocycles. The summed E-state index contributed by atoms with van der Waals surface area (Å²) >= 11 is 5.98. The summed E-state index contributed by atoms with van der Waals surface area (Å²) in [7, 11) is 0. The third-order valence-electron chi connectivity index (χ3n) is 4.13. The summed E-state index contributed by atoms with van der Waals surface area (Å²) in [5.74, 6) is -0.162. The van der Waals surface area contributed by atoms with Crippen LogP contribution < -0.4 is 5.32 Å². The number of amides is 1. The molecule has 0 saturated carbocycles. The number of anilines is 1. The van der Waals surface area contributed by atoms with E-state index in [1.165, 1.54) is 0 Å². The van der Waals surface area contributed by atoms with Crippen LogP contribution in [0.3, 0.4) is 0 Å². The molecule has 4 aromatic rings. The van der Waals surface area contributed by atoms with Crippen LogP contribution in [-0.4, -0.2) is 10.9 Å². The lowest BCUT2D eigenvalue weighted by Gasteiger charge is -2.11. The van der Waals surface area contributed by atoms with Gasteiger partial charge < -0.3 is 5.32 Å². The van der Waals surface area contributed by atoms with Gasteiger partial charge in [0, 0.05) is 21.7 Å². The topological polar surface area (TPSA) is 42.0 Å². The number of carbonyl (C=O) groups is 1. The second-order valence-corrected chi connectivity index (χ2v) is 6.34. The molecule has 0 saturated heterocycles. The molecule has 0 aliphatic carbocycles. The van der Waals surface area contributed by atoms with Gasteiger partial charge in [0.1, 0.15) is 0 Å². The van der Waals surface area contributed by atoms with Crippen LogP contribution in [-0.2, 0) is 0 Å². The summed E-state index contributed by atoms with van der Waals surface area (Å²) in [6, 6.07) is 26.3. The Balaban J connectivity index is 1.82. The highest BCUT2D eigenvalue weighted by Crippen LogP contribution is 2.26. The maximum Gasteiger partial charge on any atom is 0.256 e. The molecule has 1 aromatic heterocycles. The molecular weight excluding hydrogens is 344 g/mol. The number of pyridine rings is 1. The van der Waals surface area contributed by atoms with Gasteiger partial charge in [0.05, 0.1) is 16.8 Å². The Morgan fingerprint density at radius 2 is 1.54 bits per heavy atom. The van der Waals surface area contributed by atoms with Crippen LogP contribution in [0.1, 0.15) is 10.4 Å². The minimum atomic E-state index is -0.162. The molecule has 0 radical (unpaired) electrons. The van der Waals surface area contributed by atoms with E-state index in [9.17, 15) is 4.79 Å². The number of aromatic nitrogens is 1. The van der Waals surface area contributed by atoms with Gasteiger partial charge in [0.2, 0.25) is 0 Å².